The van der Waals surface area contributed by atoms with Gasteiger partial charge in [-0.25, -0.2) is 0 Å². The van der Waals surface area contributed by atoms with Crippen molar-refractivity contribution in [3.05, 3.63) is 24.5 Å². The lowest BCUT2D eigenvalue weighted by Gasteiger charge is -2.15. The predicted molar refractivity (Wildman–Crippen MR) is 81.4 cm³/mol. The Hall–Kier alpha value is -2.09. The number of thioether (sulfide) groups is 1. The summed E-state index contributed by atoms with van der Waals surface area (Å²) in [6, 6.07) is 3.47. The first-order valence-corrected chi connectivity index (χ1v) is 7.84. The molecule has 0 aromatic carbocycles. The van der Waals surface area contributed by atoms with Crippen LogP contribution in [0, 0.1) is 0 Å². The average Bonchev–Trinajstić information content (AvgIpc) is 3.07. The predicted octanol–water partition coefficient (Wildman–Crippen LogP) is 1.15. The molecule has 1 aliphatic heterocycles. The summed E-state index contributed by atoms with van der Waals surface area (Å²) in [5.41, 5.74) is 0.829. The van der Waals surface area contributed by atoms with Crippen LogP contribution < -0.4 is 10.2 Å². The van der Waals surface area contributed by atoms with E-state index in [-0.39, 0.29) is 11.9 Å². The second-order valence-corrected chi connectivity index (χ2v) is 5.64. The van der Waals surface area contributed by atoms with Gasteiger partial charge >= 0.3 is 0 Å². The maximum Gasteiger partial charge on any atom is 0.249 e. The van der Waals surface area contributed by atoms with Gasteiger partial charge in [0.1, 0.15) is 16.9 Å². The number of hydrogen-bond acceptors (Lipinski definition) is 6. The number of amides is 1. The number of anilines is 2. The summed E-state index contributed by atoms with van der Waals surface area (Å²) in [6.45, 7) is 0.679. The van der Waals surface area contributed by atoms with Crippen molar-refractivity contribution in [2.45, 2.75) is 17.5 Å². The van der Waals surface area contributed by atoms with Gasteiger partial charge in [0.2, 0.25) is 5.91 Å². The minimum absolute atomic E-state index is 0.0405. The van der Waals surface area contributed by atoms with Crippen molar-refractivity contribution >= 4 is 29.2 Å². The van der Waals surface area contributed by atoms with E-state index in [4.69, 9.17) is 0 Å². The van der Waals surface area contributed by atoms with Crippen LogP contribution in [-0.4, -0.2) is 44.7 Å². The number of rotatable bonds is 4. The van der Waals surface area contributed by atoms with E-state index in [1.807, 2.05) is 31.6 Å². The van der Waals surface area contributed by atoms with Gasteiger partial charge in [-0.3, -0.25) is 9.48 Å². The van der Waals surface area contributed by atoms with Crippen molar-refractivity contribution in [2.75, 3.05) is 23.0 Å². The Labute approximate surface area is 126 Å². The highest BCUT2D eigenvalue weighted by Crippen LogP contribution is 2.22. The van der Waals surface area contributed by atoms with Gasteiger partial charge in [0, 0.05) is 19.8 Å². The molecule has 0 bridgehead atoms. The molecule has 0 aliphatic carbocycles. The van der Waals surface area contributed by atoms with Gasteiger partial charge in [-0.05, 0) is 24.8 Å². The number of aromatic nitrogens is 4. The van der Waals surface area contributed by atoms with Crippen LogP contribution in [-0.2, 0) is 11.8 Å². The maximum atomic E-state index is 12.4. The zero-order chi connectivity index (χ0) is 14.8. The Morgan fingerprint density at radius 1 is 1.38 bits per heavy atom. The number of aryl methyl sites for hydroxylation is 1. The van der Waals surface area contributed by atoms with Crippen LogP contribution in [0.1, 0.15) is 6.42 Å². The third kappa shape index (κ3) is 2.85. The van der Waals surface area contributed by atoms with E-state index in [1.54, 1.807) is 15.8 Å². The average molecular weight is 304 g/mol. The fourth-order valence-electron chi connectivity index (χ4n) is 2.30. The largest absolute Gasteiger partial charge is 0.357 e. The molecular formula is C13H16N6OS. The third-order valence-corrected chi connectivity index (χ3v) is 4.02. The summed E-state index contributed by atoms with van der Waals surface area (Å²) in [5.74, 6) is 0.665. The van der Waals surface area contributed by atoms with Crippen molar-refractivity contribution in [1.29, 1.82) is 0 Å². The Balaban J connectivity index is 1.68. The van der Waals surface area contributed by atoms with E-state index in [1.165, 1.54) is 11.8 Å². The van der Waals surface area contributed by atoms with E-state index in [0.717, 1.165) is 17.1 Å². The van der Waals surface area contributed by atoms with Crippen LogP contribution in [0.5, 0.6) is 0 Å². The van der Waals surface area contributed by atoms with Gasteiger partial charge in [0.25, 0.3) is 0 Å². The highest BCUT2D eigenvalue weighted by Gasteiger charge is 2.33. The maximum absolute atomic E-state index is 12.4. The molecule has 1 saturated heterocycles. The molecular weight excluding hydrogens is 288 g/mol. The van der Waals surface area contributed by atoms with Crippen molar-refractivity contribution in [3.63, 3.8) is 0 Å². The summed E-state index contributed by atoms with van der Waals surface area (Å²) < 4.78 is 1.69. The molecule has 2 aromatic heterocycles. The Morgan fingerprint density at radius 3 is 2.86 bits per heavy atom. The monoisotopic (exact) mass is 304 g/mol. The lowest BCUT2D eigenvalue weighted by atomic mass is 10.2. The van der Waals surface area contributed by atoms with Crippen LogP contribution in [0.2, 0.25) is 0 Å². The lowest BCUT2D eigenvalue weighted by molar-refractivity contribution is -0.117. The van der Waals surface area contributed by atoms with Gasteiger partial charge in [0.15, 0.2) is 0 Å². The number of carbonyl (C=O) groups is 1. The van der Waals surface area contributed by atoms with E-state index in [2.05, 4.69) is 20.6 Å². The van der Waals surface area contributed by atoms with E-state index < -0.39 is 0 Å². The van der Waals surface area contributed by atoms with Gasteiger partial charge in [-0.15, -0.1) is 22.0 Å². The highest BCUT2D eigenvalue weighted by atomic mass is 32.2. The Bertz CT molecular complexity index is 640. The first kappa shape index (κ1) is 13.9. The molecule has 1 amide bonds. The molecule has 21 heavy (non-hydrogen) atoms. The third-order valence-electron chi connectivity index (χ3n) is 3.38. The normalized spacial score (nSPS) is 18.3. The molecule has 2 aromatic rings. The van der Waals surface area contributed by atoms with Gasteiger partial charge < -0.3 is 10.2 Å². The van der Waals surface area contributed by atoms with Crippen molar-refractivity contribution < 1.29 is 4.79 Å². The minimum atomic E-state index is -0.264. The molecule has 0 saturated carbocycles. The summed E-state index contributed by atoms with van der Waals surface area (Å²) in [7, 11) is 1.84. The van der Waals surface area contributed by atoms with Crippen molar-refractivity contribution in [2.24, 2.45) is 7.05 Å². The molecule has 3 heterocycles. The fourth-order valence-corrected chi connectivity index (χ4v) is 2.63. The molecule has 1 fully saturated rings. The zero-order valence-corrected chi connectivity index (χ0v) is 12.7. The second-order valence-electron chi connectivity index (χ2n) is 4.81. The SMILES string of the molecule is CSc1ccc(NC2CCN(c3cnn(C)c3)C2=O)nn1. The van der Waals surface area contributed by atoms with E-state index >= 15 is 0 Å². The molecule has 7 nitrogen and oxygen atoms in total. The standard InChI is InChI=1S/C13H16N6OS/c1-18-8-9(7-14-18)19-6-5-10(13(19)20)15-11-3-4-12(21-2)17-16-11/h3-4,7-8,10H,5-6H2,1-2H3,(H,15,16). The quantitative estimate of drug-likeness (QED) is 0.854. The van der Waals surface area contributed by atoms with Gasteiger partial charge in [0.05, 0.1) is 11.9 Å². The van der Waals surface area contributed by atoms with Gasteiger partial charge in [-0.2, -0.15) is 5.10 Å². The van der Waals surface area contributed by atoms with Crippen LogP contribution >= 0.6 is 11.8 Å². The van der Waals surface area contributed by atoms with Crippen LogP contribution in [0.25, 0.3) is 0 Å². The van der Waals surface area contributed by atoms with Crippen molar-refractivity contribution in [3.8, 4) is 0 Å². The zero-order valence-electron chi connectivity index (χ0n) is 11.9. The number of hydrogen-bond donors (Lipinski definition) is 1. The molecule has 3 rings (SSSR count). The van der Waals surface area contributed by atoms with Crippen LogP contribution in [0.15, 0.2) is 29.6 Å². The molecule has 1 atom stereocenters. The number of carbonyl (C=O) groups excluding carboxylic acids is 1. The molecule has 1 N–H and O–H groups in total. The molecule has 8 heteroatoms. The Kier molecular flexibility index (Phi) is 3.78. The van der Waals surface area contributed by atoms with Crippen LogP contribution in [0.3, 0.4) is 0 Å². The van der Waals surface area contributed by atoms with E-state index in [0.29, 0.717) is 12.4 Å². The second kappa shape index (κ2) is 5.72. The molecule has 0 radical (unpaired) electrons. The molecule has 0 spiro atoms. The van der Waals surface area contributed by atoms with E-state index in [9.17, 15) is 4.79 Å². The minimum Gasteiger partial charge on any atom is -0.357 e. The smallest absolute Gasteiger partial charge is 0.249 e. The summed E-state index contributed by atoms with van der Waals surface area (Å²) in [4.78, 5) is 14.2. The fraction of sp³-hybridized carbons (Fsp3) is 0.385. The van der Waals surface area contributed by atoms with Crippen molar-refractivity contribution in [1.82, 2.24) is 20.0 Å². The first-order valence-electron chi connectivity index (χ1n) is 6.61. The highest BCUT2D eigenvalue weighted by molar-refractivity contribution is 7.98. The Morgan fingerprint density at radius 2 is 2.24 bits per heavy atom. The molecule has 1 aliphatic rings. The summed E-state index contributed by atoms with van der Waals surface area (Å²) >= 11 is 1.53. The summed E-state index contributed by atoms with van der Waals surface area (Å²) in [6.07, 6.45) is 6.23. The lowest BCUT2D eigenvalue weighted by Crippen LogP contribution is -2.33. The van der Waals surface area contributed by atoms with Gasteiger partial charge in [-0.1, -0.05) is 0 Å². The number of nitrogens with zero attached hydrogens (tertiary/aromatic N) is 5. The summed E-state index contributed by atoms with van der Waals surface area (Å²) in [5, 5.41) is 16.2. The molecule has 110 valence electrons. The number of nitrogens with one attached hydrogen (secondary N) is 1. The van der Waals surface area contributed by atoms with Crippen LogP contribution in [0.4, 0.5) is 11.5 Å². The topological polar surface area (TPSA) is 75.9 Å². The first-order chi connectivity index (χ1) is 10.2. The molecule has 1 unspecified atom stereocenters.